The summed E-state index contributed by atoms with van der Waals surface area (Å²) in [6, 6.07) is 9.72. The van der Waals surface area contributed by atoms with Crippen molar-refractivity contribution in [3.05, 3.63) is 47.2 Å². The highest BCUT2D eigenvalue weighted by molar-refractivity contribution is 5.94. The smallest absolute Gasteiger partial charge is 0.244 e. The summed E-state index contributed by atoms with van der Waals surface area (Å²) in [4.78, 5) is 14.5. The van der Waals surface area contributed by atoms with E-state index in [2.05, 4.69) is 10.5 Å². The van der Waals surface area contributed by atoms with Gasteiger partial charge in [0.15, 0.2) is 0 Å². The largest absolute Gasteiger partial charge is 0.338 e. The number of rotatable bonds is 6. The fourth-order valence-corrected chi connectivity index (χ4v) is 2.36. The Morgan fingerprint density at radius 3 is 2.55 bits per heavy atom. The molecule has 0 aliphatic carbocycles. The van der Waals surface area contributed by atoms with Gasteiger partial charge in [0.2, 0.25) is 11.8 Å². The number of likely N-dealkylation sites (N-methyl/N-ethyl adjacent to an activating group) is 1. The normalized spacial score (nSPS) is 12.4. The monoisotopic (exact) mass is 301 g/mol. The van der Waals surface area contributed by atoms with E-state index >= 15 is 0 Å². The molecule has 1 heterocycles. The molecule has 118 valence electrons. The number of hydrogen-bond acceptors (Lipinski definition) is 4. The van der Waals surface area contributed by atoms with Crippen molar-refractivity contribution < 1.29 is 9.32 Å². The van der Waals surface area contributed by atoms with Gasteiger partial charge in [-0.05, 0) is 39.4 Å². The first kappa shape index (κ1) is 16.2. The molecule has 0 saturated carbocycles. The zero-order chi connectivity index (χ0) is 16.1. The van der Waals surface area contributed by atoms with Crippen LogP contribution in [0.15, 0.2) is 34.9 Å². The van der Waals surface area contributed by atoms with E-state index < -0.39 is 0 Å². The lowest BCUT2D eigenvalue weighted by Crippen LogP contribution is -2.41. The quantitative estimate of drug-likeness (QED) is 0.891. The molecule has 22 heavy (non-hydrogen) atoms. The Kier molecular flexibility index (Phi) is 5.33. The summed E-state index contributed by atoms with van der Waals surface area (Å²) in [5.74, 6) is 0.359. The first-order valence-corrected chi connectivity index (χ1v) is 7.49. The molecule has 0 fully saturated rings. The number of aryl methyl sites for hydroxylation is 1. The summed E-state index contributed by atoms with van der Waals surface area (Å²) in [6.45, 7) is 3.92. The predicted octanol–water partition coefficient (Wildman–Crippen LogP) is 2.66. The number of hydrogen-bond donors (Lipinski definition) is 1. The summed E-state index contributed by atoms with van der Waals surface area (Å²) < 4.78 is 5.24. The minimum absolute atomic E-state index is 0.0873. The van der Waals surface area contributed by atoms with E-state index in [-0.39, 0.29) is 11.9 Å². The third-order valence-electron chi connectivity index (χ3n) is 3.79. The van der Waals surface area contributed by atoms with Gasteiger partial charge in [0.05, 0.1) is 11.7 Å². The van der Waals surface area contributed by atoms with Crippen LogP contribution in [0.25, 0.3) is 0 Å². The van der Waals surface area contributed by atoms with Crippen molar-refractivity contribution in [3.8, 4) is 0 Å². The van der Waals surface area contributed by atoms with Crippen LogP contribution in [0.1, 0.15) is 23.7 Å². The highest BCUT2D eigenvalue weighted by Crippen LogP contribution is 2.19. The predicted molar refractivity (Wildman–Crippen MR) is 86.9 cm³/mol. The molecule has 2 rings (SSSR count). The van der Waals surface area contributed by atoms with Gasteiger partial charge in [-0.3, -0.25) is 15.0 Å². The third-order valence-corrected chi connectivity index (χ3v) is 3.79. The molecule has 0 aliphatic rings. The molecule has 1 aromatic heterocycles. The maximum absolute atomic E-state index is 12.6. The van der Waals surface area contributed by atoms with Crippen molar-refractivity contribution in [1.82, 2.24) is 10.1 Å². The minimum atomic E-state index is -0.267. The fraction of sp³-hybridized carbons (Fsp3) is 0.412. The van der Waals surface area contributed by atoms with Gasteiger partial charge in [-0.2, -0.15) is 0 Å². The van der Waals surface area contributed by atoms with Crippen LogP contribution in [-0.2, 0) is 17.6 Å². The molecular formula is C17H23N3O2. The Bertz CT molecular complexity index is 620. The molecule has 0 bridgehead atoms. The first-order chi connectivity index (χ1) is 10.5. The molecule has 1 amide bonds. The van der Waals surface area contributed by atoms with Crippen LogP contribution < -0.4 is 5.32 Å². The Balaban J connectivity index is 2.11. The Morgan fingerprint density at radius 1 is 1.32 bits per heavy atom. The number of amides is 1. The maximum atomic E-state index is 12.6. The summed E-state index contributed by atoms with van der Waals surface area (Å²) in [5, 5.41) is 6.83. The molecule has 1 atom stereocenters. The van der Waals surface area contributed by atoms with Gasteiger partial charge < -0.3 is 4.52 Å². The first-order valence-electron chi connectivity index (χ1n) is 7.49. The van der Waals surface area contributed by atoms with Crippen LogP contribution in [0.2, 0.25) is 0 Å². The van der Waals surface area contributed by atoms with Gasteiger partial charge in [-0.15, -0.1) is 0 Å². The molecule has 0 radical (unpaired) electrons. The Labute approximate surface area is 131 Å². The van der Waals surface area contributed by atoms with E-state index in [0.717, 1.165) is 23.2 Å². The summed E-state index contributed by atoms with van der Waals surface area (Å²) in [5.41, 5.74) is 2.90. The number of anilines is 1. The molecule has 5 heteroatoms. The lowest BCUT2D eigenvalue weighted by atomic mass is 10.0. The van der Waals surface area contributed by atoms with Crippen LogP contribution in [0.3, 0.4) is 0 Å². The summed E-state index contributed by atoms with van der Waals surface area (Å²) in [7, 11) is 3.80. The molecule has 1 N–H and O–H groups in total. The topological polar surface area (TPSA) is 58.4 Å². The molecule has 0 saturated heterocycles. The maximum Gasteiger partial charge on any atom is 0.244 e. The fourth-order valence-electron chi connectivity index (χ4n) is 2.36. The molecule has 5 nitrogen and oxygen atoms in total. The minimum Gasteiger partial charge on any atom is -0.338 e. The molecule has 2 aromatic rings. The average molecular weight is 301 g/mol. The highest BCUT2D eigenvalue weighted by atomic mass is 16.5. The van der Waals surface area contributed by atoms with E-state index in [9.17, 15) is 4.79 Å². The summed E-state index contributed by atoms with van der Waals surface area (Å²) >= 11 is 0. The number of aromatic nitrogens is 1. The highest BCUT2D eigenvalue weighted by Gasteiger charge is 2.23. The second-order valence-electron chi connectivity index (χ2n) is 5.60. The number of nitrogens with one attached hydrogen (secondary N) is 1. The van der Waals surface area contributed by atoms with Gasteiger partial charge >= 0.3 is 0 Å². The van der Waals surface area contributed by atoms with Crippen molar-refractivity contribution >= 4 is 11.8 Å². The Morgan fingerprint density at radius 2 is 2.00 bits per heavy atom. The van der Waals surface area contributed by atoms with E-state index in [0.29, 0.717) is 12.3 Å². The number of carbonyl (C=O) groups excluding carboxylic acids is 1. The zero-order valence-corrected chi connectivity index (χ0v) is 13.6. The van der Waals surface area contributed by atoms with Crippen molar-refractivity contribution in [2.24, 2.45) is 0 Å². The second kappa shape index (κ2) is 7.22. The molecule has 0 aliphatic heterocycles. The standard InChI is InChI=1S/C17H23N3O2/c1-5-14-12(2)17(22-19-14)18-16(21)15(20(3)4)11-13-9-7-6-8-10-13/h6-10,15H,5,11H2,1-4H3,(H,18,21)/t15-/m0/s1. The van der Waals surface area contributed by atoms with E-state index in [4.69, 9.17) is 4.52 Å². The van der Waals surface area contributed by atoms with Gasteiger partial charge in [-0.25, -0.2) is 0 Å². The van der Waals surface area contributed by atoms with Crippen LogP contribution >= 0.6 is 0 Å². The van der Waals surface area contributed by atoms with Gasteiger partial charge in [0.1, 0.15) is 0 Å². The zero-order valence-electron chi connectivity index (χ0n) is 13.6. The van der Waals surface area contributed by atoms with Gasteiger partial charge in [-0.1, -0.05) is 42.4 Å². The molecular weight excluding hydrogens is 278 g/mol. The number of carbonyl (C=O) groups is 1. The van der Waals surface area contributed by atoms with Crippen molar-refractivity contribution in [3.63, 3.8) is 0 Å². The molecule has 1 aromatic carbocycles. The Hall–Kier alpha value is -2.14. The van der Waals surface area contributed by atoms with E-state index in [1.165, 1.54) is 0 Å². The SMILES string of the molecule is CCc1noc(NC(=O)[C@H](Cc2ccccc2)N(C)C)c1C. The molecule has 0 spiro atoms. The molecule has 0 unspecified atom stereocenters. The van der Waals surface area contributed by atoms with E-state index in [1.807, 2.05) is 63.2 Å². The van der Waals surface area contributed by atoms with E-state index in [1.54, 1.807) is 0 Å². The van der Waals surface area contributed by atoms with Crippen molar-refractivity contribution in [2.45, 2.75) is 32.7 Å². The van der Waals surface area contributed by atoms with Gasteiger partial charge in [0.25, 0.3) is 0 Å². The second-order valence-corrected chi connectivity index (χ2v) is 5.60. The average Bonchev–Trinajstić information content (AvgIpc) is 2.86. The van der Waals surface area contributed by atoms with Crippen LogP contribution in [0.5, 0.6) is 0 Å². The van der Waals surface area contributed by atoms with Gasteiger partial charge in [0, 0.05) is 5.56 Å². The lowest BCUT2D eigenvalue weighted by Gasteiger charge is -2.23. The van der Waals surface area contributed by atoms with Crippen LogP contribution in [0.4, 0.5) is 5.88 Å². The summed E-state index contributed by atoms with van der Waals surface area (Å²) in [6.07, 6.45) is 1.43. The van der Waals surface area contributed by atoms with Crippen molar-refractivity contribution in [1.29, 1.82) is 0 Å². The lowest BCUT2D eigenvalue weighted by molar-refractivity contribution is -0.120. The van der Waals surface area contributed by atoms with Crippen LogP contribution in [-0.4, -0.2) is 36.1 Å². The third kappa shape index (κ3) is 3.74. The van der Waals surface area contributed by atoms with Crippen LogP contribution in [0, 0.1) is 6.92 Å². The number of benzene rings is 1. The van der Waals surface area contributed by atoms with Crippen molar-refractivity contribution in [2.75, 3.05) is 19.4 Å². The number of nitrogens with zero attached hydrogens (tertiary/aromatic N) is 2.